The highest BCUT2D eigenvalue weighted by atomic mass is 16.2. The van der Waals surface area contributed by atoms with Crippen LogP contribution in [0.15, 0.2) is 24.3 Å². The van der Waals surface area contributed by atoms with Crippen LogP contribution in [0.3, 0.4) is 0 Å². The molecule has 1 aromatic rings. The molecule has 0 unspecified atom stereocenters. The molecule has 2 amide bonds. The van der Waals surface area contributed by atoms with Crippen LogP contribution < -0.4 is 16.6 Å². The van der Waals surface area contributed by atoms with Gasteiger partial charge in [0.1, 0.15) is 0 Å². The van der Waals surface area contributed by atoms with Crippen molar-refractivity contribution in [3.63, 3.8) is 0 Å². The third kappa shape index (κ3) is 3.40. The molecule has 15 heavy (non-hydrogen) atoms. The van der Waals surface area contributed by atoms with Gasteiger partial charge in [0, 0.05) is 5.56 Å². The number of hydrazine groups is 1. The van der Waals surface area contributed by atoms with E-state index in [0.29, 0.717) is 5.56 Å². The van der Waals surface area contributed by atoms with Crippen molar-refractivity contribution in [2.24, 2.45) is 5.84 Å². The Labute approximate surface area is 87.6 Å². The normalized spacial score (nSPS) is 9.47. The van der Waals surface area contributed by atoms with E-state index in [9.17, 15) is 9.59 Å². The van der Waals surface area contributed by atoms with Crippen LogP contribution in [0.5, 0.6) is 0 Å². The van der Waals surface area contributed by atoms with Gasteiger partial charge in [0.25, 0.3) is 11.8 Å². The molecule has 1 rings (SSSR count). The van der Waals surface area contributed by atoms with Crippen LogP contribution in [0.1, 0.15) is 15.9 Å². The van der Waals surface area contributed by atoms with Crippen molar-refractivity contribution >= 4 is 11.8 Å². The molecule has 4 N–H and O–H groups in total. The van der Waals surface area contributed by atoms with Crippen LogP contribution in [0.25, 0.3) is 0 Å². The summed E-state index contributed by atoms with van der Waals surface area (Å²) in [7, 11) is 0. The van der Waals surface area contributed by atoms with Gasteiger partial charge in [0.15, 0.2) is 0 Å². The molecule has 5 heteroatoms. The second kappa shape index (κ2) is 5.11. The van der Waals surface area contributed by atoms with E-state index in [4.69, 9.17) is 5.84 Å². The Hall–Kier alpha value is -1.88. The van der Waals surface area contributed by atoms with Gasteiger partial charge in [-0.3, -0.25) is 15.0 Å². The van der Waals surface area contributed by atoms with Crippen LogP contribution in [0.4, 0.5) is 0 Å². The zero-order chi connectivity index (χ0) is 11.3. The molecule has 0 radical (unpaired) electrons. The Balaban J connectivity index is 2.58. The maximum atomic E-state index is 11.5. The molecule has 0 fully saturated rings. The average molecular weight is 207 g/mol. The smallest absolute Gasteiger partial charge is 0.253 e. The van der Waals surface area contributed by atoms with E-state index >= 15 is 0 Å². The summed E-state index contributed by atoms with van der Waals surface area (Å²) in [4.78, 5) is 22.2. The molecular weight excluding hydrogens is 194 g/mol. The van der Waals surface area contributed by atoms with E-state index in [1.165, 1.54) is 0 Å². The number of hydrogen-bond donors (Lipinski definition) is 3. The van der Waals surface area contributed by atoms with Crippen molar-refractivity contribution in [1.29, 1.82) is 0 Å². The number of hydrogen-bond acceptors (Lipinski definition) is 3. The van der Waals surface area contributed by atoms with Crippen molar-refractivity contribution in [3.05, 3.63) is 35.4 Å². The van der Waals surface area contributed by atoms with Gasteiger partial charge < -0.3 is 5.32 Å². The Bertz CT molecular complexity index is 377. The minimum atomic E-state index is -0.434. The minimum absolute atomic E-state index is 0.122. The third-order valence-corrected chi connectivity index (χ3v) is 1.85. The Morgan fingerprint density at radius 1 is 1.40 bits per heavy atom. The van der Waals surface area contributed by atoms with E-state index in [0.717, 1.165) is 5.56 Å². The Morgan fingerprint density at radius 2 is 2.13 bits per heavy atom. The SMILES string of the molecule is Cc1cccc(C(=O)NCC(=O)NN)c1. The fourth-order valence-corrected chi connectivity index (χ4v) is 1.10. The topological polar surface area (TPSA) is 84.2 Å². The molecule has 0 spiro atoms. The summed E-state index contributed by atoms with van der Waals surface area (Å²) >= 11 is 0. The zero-order valence-corrected chi connectivity index (χ0v) is 8.41. The molecule has 5 nitrogen and oxygen atoms in total. The van der Waals surface area contributed by atoms with Gasteiger partial charge in [0.05, 0.1) is 6.54 Å². The second-order valence-corrected chi connectivity index (χ2v) is 3.12. The second-order valence-electron chi connectivity index (χ2n) is 3.12. The highest BCUT2D eigenvalue weighted by molar-refractivity contribution is 5.96. The van der Waals surface area contributed by atoms with Crippen molar-refractivity contribution < 1.29 is 9.59 Å². The number of nitrogens with one attached hydrogen (secondary N) is 2. The number of carbonyl (C=O) groups is 2. The molecule has 0 heterocycles. The molecule has 0 saturated carbocycles. The first kappa shape index (κ1) is 11.2. The van der Waals surface area contributed by atoms with Crippen molar-refractivity contribution in [2.75, 3.05) is 6.54 Å². The largest absolute Gasteiger partial charge is 0.343 e. The van der Waals surface area contributed by atoms with Gasteiger partial charge >= 0.3 is 0 Å². The lowest BCUT2D eigenvalue weighted by atomic mass is 10.1. The van der Waals surface area contributed by atoms with Crippen molar-refractivity contribution in [1.82, 2.24) is 10.7 Å². The van der Waals surface area contributed by atoms with Gasteiger partial charge in [-0.05, 0) is 19.1 Å². The monoisotopic (exact) mass is 207 g/mol. The van der Waals surface area contributed by atoms with Gasteiger partial charge in [0.2, 0.25) is 0 Å². The number of nitrogens with two attached hydrogens (primary N) is 1. The fraction of sp³-hybridized carbons (Fsp3) is 0.200. The molecule has 80 valence electrons. The number of amides is 2. The van der Waals surface area contributed by atoms with E-state index in [-0.39, 0.29) is 12.5 Å². The maximum absolute atomic E-state index is 11.5. The van der Waals surface area contributed by atoms with E-state index < -0.39 is 5.91 Å². The summed E-state index contributed by atoms with van der Waals surface area (Å²) in [5, 5.41) is 2.45. The number of benzene rings is 1. The van der Waals surface area contributed by atoms with Crippen LogP contribution >= 0.6 is 0 Å². The minimum Gasteiger partial charge on any atom is -0.343 e. The van der Waals surface area contributed by atoms with Gasteiger partial charge in [-0.25, -0.2) is 5.84 Å². The predicted molar refractivity (Wildman–Crippen MR) is 55.8 cm³/mol. The molecule has 0 aliphatic rings. The number of rotatable bonds is 3. The summed E-state index contributed by atoms with van der Waals surface area (Å²) in [5.41, 5.74) is 3.45. The van der Waals surface area contributed by atoms with Crippen LogP contribution in [-0.4, -0.2) is 18.4 Å². The first-order chi connectivity index (χ1) is 7.13. The molecule has 0 bridgehead atoms. The highest BCUT2D eigenvalue weighted by Gasteiger charge is 2.06. The standard InChI is InChI=1S/C10H13N3O2/c1-7-3-2-4-8(5-7)10(15)12-6-9(14)13-11/h2-5H,6,11H2,1H3,(H,12,15)(H,13,14). The molecule has 0 saturated heterocycles. The predicted octanol–water partition coefficient (Wildman–Crippen LogP) is -0.285. The van der Waals surface area contributed by atoms with Gasteiger partial charge in [-0.15, -0.1) is 0 Å². The first-order valence-corrected chi connectivity index (χ1v) is 4.48. The van der Waals surface area contributed by atoms with Crippen LogP contribution in [0, 0.1) is 6.92 Å². The third-order valence-electron chi connectivity index (χ3n) is 1.85. The summed E-state index contributed by atoms with van der Waals surface area (Å²) in [6.45, 7) is 1.77. The molecule has 1 aromatic carbocycles. The summed E-state index contributed by atoms with van der Waals surface area (Å²) in [6.07, 6.45) is 0. The molecular formula is C10H13N3O2. The van der Waals surface area contributed by atoms with Crippen LogP contribution in [0.2, 0.25) is 0 Å². The summed E-state index contributed by atoms with van der Waals surface area (Å²) < 4.78 is 0. The average Bonchev–Trinajstić information content (AvgIpc) is 2.25. The lowest BCUT2D eigenvalue weighted by Crippen LogP contribution is -2.40. The summed E-state index contributed by atoms with van der Waals surface area (Å²) in [5.74, 6) is 4.15. The Morgan fingerprint density at radius 3 is 2.73 bits per heavy atom. The van der Waals surface area contributed by atoms with E-state index in [1.807, 2.05) is 18.4 Å². The zero-order valence-electron chi connectivity index (χ0n) is 8.41. The highest BCUT2D eigenvalue weighted by Crippen LogP contribution is 2.03. The van der Waals surface area contributed by atoms with E-state index in [1.54, 1.807) is 18.2 Å². The quantitative estimate of drug-likeness (QED) is 0.362. The van der Waals surface area contributed by atoms with E-state index in [2.05, 4.69) is 5.32 Å². The molecule has 0 aliphatic heterocycles. The maximum Gasteiger partial charge on any atom is 0.253 e. The fourth-order valence-electron chi connectivity index (χ4n) is 1.10. The summed E-state index contributed by atoms with van der Waals surface area (Å²) in [6, 6.07) is 7.11. The number of carbonyl (C=O) groups excluding carboxylic acids is 2. The van der Waals surface area contributed by atoms with Crippen molar-refractivity contribution in [3.8, 4) is 0 Å². The van der Waals surface area contributed by atoms with Crippen molar-refractivity contribution in [2.45, 2.75) is 6.92 Å². The van der Waals surface area contributed by atoms with Gasteiger partial charge in [-0.1, -0.05) is 17.7 Å². The number of aryl methyl sites for hydroxylation is 1. The first-order valence-electron chi connectivity index (χ1n) is 4.48. The lowest BCUT2D eigenvalue weighted by molar-refractivity contribution is -0.120. The molecule has 0 aromatic heterocycles. The molecule has 0 aliphatic carbocycles. The van der Waals surface area contributed by atoms with Crippen LogP contribution in [-0.2, 0) is 4.79 Å². The lowest BCUT2D eigenvalue weighted by Gasteiger charge is -2.04. The Kier molecular flexibility index (Phi) is 3.82. The molecule has 0 atom stereocenters. The van der Waals surface area contributed by atoms with Gasteiger partial charge in [-0.2, -0.15) is 0 Å².